The minimum absolute atomic E-state index is 0.480. The molecule has 2 nitrogen and oxygen atoms in total. The Morgan fingerprint density at radius 1 is 1.16 bits per heavy atom. The first kappa shape index (κ1) is 13.9. The minimum Gasteiger partial charge on any atom is -0.487 e. The average Bonchev–Trinajstić information content (AvgIpc) is 2.39. The Bertz CT molecular complexity index is 547. The molecule has 0 amide bonds. The van der Waals surface area contributed by atoms with E-state index in [4.69, 9.17) is 16.3 Å². The van der Waals surface area contributed by atoms with Gasteiger partial charge in [0, 0.05) is 0 Å². The molecule has 19 heavy (non-hydrogen) atoms. The fourth-order valence-corrected chi connectivity index (χ4v) is 1.98. The lowest BCUT2D eigenvalue weighted by molar-refractivity contribution is 0.199. The molecule has 0 aliphatic heterocycles. The van der Waals surface area contributed by atoms with Gasteiger partial charge in [-0.1, -0.05) is 47.5 Å². The second-order valence-electron chi connectivity index (χ2n) is 4.64. The van der Waals surface area contributed by atoms with Gasteiger partial charge in [-0.25, -0.2) is 0 Å². The Kier molecular flexibility index (Phi) is 4.46. The third-order valence-corrected chi connectivity index (χ3v) is 3.25. The summed E-state index contributed by atoms with van der Waals surface area (Å²) in [6.45, 7) is 4.24. The van der Waals surface area contributed by atoms with E-state index in [-0.39, 0.29) is 0 Å². The van der Waals surface area contributed by atoms with Crippen LogP contribution in [0.4, 0.5) is 0 Å². The summed E-state index contributed by atoms with van der Waals surface area (Å²) in [5, 5.41) is 9.99. The van der Waals surface area contributed by atoms with Gasteiger partial charge in [-0.2, -0.15) is 0 Å². The summed E-state index contributed by atoms with van der Waals surface area (Å²) in [4.78, 5) is 0. The zero-order valence-corrected chi connectivity index (χ0v) is 11.8. The van der Waals surface area contributed by atoms with Gasteiger partial charge in [0.25, 0.3) is 0 Å². The normalized spacial score (nSPS) is 12.2. The molecule has 0 heterocycles. The fourth-order valence-electron chi connectivity index (χ4n) is 1.74. The standard InChI is InChI=1S/C16H17ClO2/c1-11-3-5-13(6-4-11)10-19-16-8-7-14(12(2)18)9-15(16)17/h3-9,12,18H,10H2,1-2H3. The van der Waals surface area contributed by atoms with Gasteiger partial charge < -0.3 is 9.84 Å². The number of rotatable bonds is 4. The van der Waals surface area contributed by atoms with Gasteiger partial charge in [0.05, 0.1) is 11.1 Å². The van der Waals surface area contributed by atoms with Crippen LogP contribution < -0.4 is 4.74 Å². The largest absolute Gasteiger partial charge is 0.487 e. The molecule has 1 unspecified atom stereocenters. The maximum Gasteiger partial charge on any atom is 0.138 e. The van der Waals surface area contributed by atoms with Crippen LogP contribution in [0.2, 0.25) is 5.02 Å². The summed E-state index contributed by atoms with van der Waals surface area (Å²) < 4.78 is 5.68. The van der Waals surface area contributed by atoms with E-state index in [0.717, 1.165) is 11.1 Å². The van der Waals surface area contributed by atoms with Crippen molar-refractivity contribution in [1.29, 1.82) is 0 Å². The molecule has 1 atom stereocenters. The maximum absolute atomic E-state index is 9.47. The highest BCUT2D eigenvalue weighted by molar-refractivity contribution is 6.32. The number of aryl methyl sites for hydroxylation is 1. The van der Waals surface area contributed by atoms with Gasteiger partial charge in [0.15, 0.2) is 0 Å². The highest BCUT2D eigenvalue weighted by Crippen LogP contribution is 2.28. The molecule has 3 heteroatoms. The summed E-state index contributed by atoms with van der Waals surface area (Å²) in [5.74, 6) is 0.631. The topological polar surface area (TPSA) is 29.5 Å². The molecular formula is C16H17ClO2. The van der Waals surface area contributed by atoms with Gasteiger partial charge in [-0.15, -0.1) is 0 Å². The van der Waals surface area contributed by atoms with Crippen molar-refractivity contribution in [3.63, 3.8) is 0 Å². The van der Waals surface area contributed by atoms with Crippen LogP contribution >= 0.6 is 11.6 Å². The summed E-state index contributed by atoms with van der Waals surface area (Å²) in [7, 11) is 0. The van der Waals surface area contributed by atoms with E-state index in [2.05, 4.69) is 19.1 Å². The summed E-state index contributed by atoms with van der Waals surface area (Å²) in [6.07, 6.45) is -0.524. The second kappa shape index (κ2) is 6.09. The molecule has 1 N–H and O–H groups in total. The molecule has 0 aromatic heterocycles. The van der Waals surface area contributed by atoms with E-state index in [9.17, 15) is 5.11 Å². The molecule has 0 aliphatic rings. The Morgan fingerprint density at radius 3 is 2.42 bits per heavy atom. The van der Waals surface area contributed by atoms with Crippen molar-refractivity contribution < 1.29 is 9.84 Å². The van der Waals surface area contributed by atoms with Crippen LogP contribution in [0, 0.1) is 6.92 Å². The number of ether oxygens (including phenoxy) is 1. The van der Waals surface area contributed by atoms with Crippen molar-refractivity contribution >= 4 is 11.6 Å². The van der Waals surface area contributed by atoms with Crippen LogP contribution in [-0.4, -0.2) is 5.11 Å². The molecule has 0 saturated heterocycles. The van der Waals surface area contributed by atoms with E-state index < -0.39 is 6.10 Å². The van der Waals surface area contributed by atoms with Gasteiger partial charge in [-0.05, 0) is 37.1 Å². The van der Waals surface area contributed by atoms with Crippen molar-refractivity contribution in [3.8, 4) is 5.75 Å². The first-order chi connectivity index (χ1) is 9.06. The third-order valence-electron chi connectivity index (χ3n) is 2.95. The number of hydrogen-bond donors (Lipinski definition) is 1. The molecule has 2 rings (SSSR count). The molecule has 0 saturated carbocycles. The molecule has 2 aromatic carbocycles. The number of aliphatic hydroxyl groups is 1. The van der Waals surface area contributed by atoms with Crippen molar-refractivity contribution in [2.45, 2.75) is 26.6 Å². The number of hydrogen-bond acceptors (Lipinski definition) is 2. The van der Waals surface area contributed by atoms with Gasteiger partial charge in [0.1, 0.15) is 12.4 Å². The van der Waals surface area contributed by atoms with Crippen LogP contribution in [0.3, 0.4) is 0 Å². The molecule has 0 fully saturated rings. The van der Waals surface area contributed by atoms with E-state index >= 15 is 0 Å². The molecule has 0 radical (unpaired) electrons. The van der Waals surface area contributed by atoms with Crippen LogP contribution in [-0.2, 0) is 6.61 Å². The molecular weight excluding hydrogens is 260 g/mol. The van der Waals surface area contributed by atoms with Crippen molar-refractivity contribution in [2.24, 2.45) is 0 Å². The van der Waals surface area contributed by atoms with Crippen molar-refractivity contribution in [1.82, 2.24) is 0 Å². The summed E-state index contributed by atoms with van der Waals surface area (Å²) in [6, 6.07) is 13.5. The Morgan fingerprint density at radius 2 is 1.84 bits per heavy atom. The Hall–Kier alpha value is -1.51. The lowest BCUT2D eigenvalue weighted by atomic mass is 10.1. The quantitative estimate of drug-likeness (QED) is 0.903. The molecule has 0 spiro atoms. The van der Waals surface area contributed by atoms with Gasteiger partial charge >= 0.3 is 0 Å². The molecule has 0 bridgehead atoms. The highest BCUT2D eigenvalue weighted by Gasteiger charge is 2.06. The Balaban J connectivity index is 2.05. The van der Waals surface area contributed by atoms with Crippen molar-refractivity contribution in [3.05, 3.63) is 64.2 Å². The maximum atomic E-state index is 9.47. The number of benzene rings is 2. The van der Waals surface area contributed by atoms with E-state index in [1.807, 2.05) is 18.2 Å². The highest BCUT2D eigenvalue weighted by atomic mass is 35.5. The lowest BCUT2D eigenvalue weighted by Gasteiger charge is -2.11. The number of aliphatic hydroxyl groups excluding tert-OH is 1. The predicted molar refractivity (Wildman–Crippen MR) is 77.6 cm³/mol. The van der Waals surface area contributed by atoms with E-state index in [1.54, 1.807) is 19.1 Å². The van der Waals surface area contributed by atoms with Crippen LogP contribution in [0.1, 0.15) is 29.7 Å². The van der Waals surface area contributed by atoms with E-state index in [0.29, 0.717) is 17.4 Å². The van der Waals surface area contributed by atoms with Gasteiger partial charge in [0.2, 0.25) is 0 Å². The molecule has 100 valence electrons. The lowest BCUT2D eigenvalue weighted by Crippen LogP contribution is -1.97. The minimum atomic E-state index is -0.524. The van der Waals surface area contributed by atoms with Gasteiger partial charge in [-0.3, -0.25) is 0 Å². The predicted octanol–water partition coefficient (Wildman–Crippen LogP) is 4.28. The van der Waals surface area contributed by atoms with Crippen LogP contribution in [0.15, 0.2) is 42.5 Å². The molecule has 2 aromatic rings. The van der Waals surface area contributed by atoms with E-state index in [1.165, 1.54) is 5.56 Å². The first-order valence-corrected chi connectivity index (χ1v) is 6.60. The summed E-state index contributed by atoms with van der Waals surface area (Å²) >= 11 is 6.13. The SMILES string of the molecule is Cc1ccc(COc2ccc(C(C)O)cc2Cl)cc1. The monoisotopic (exact) mass is 276 g/mol. The summed E-state index contributed by atoms with van der Waals surface area (Å²) in [5.41, 5.74) is 3.11. The fraction of sp³-hybridized carbons (Fsp3) is 0.250. The average molecular weight is 277 g/mol. The first-order valence-electron chi connectivity index (χ1n) is 6.22. The second-order valence-corrected chi connectivity index (χ2v) is 5.05. The zero-order valence-electron chi connectivity index (χ0n) is 11.1. The third kappa shape index (κ3) is 3.72. The number of halogens is 1. The van der Waals surface area contributed by atoms with Crippen LogP contribution in [0.25, 0.3) is 0 Å². The molecule has 0 aliphatic carbocycles. The van der Waals surface area contributed by atoms with Crippen LogP contribution in [0.5, 0.6) is 5.75 Å². The smallest absolute Gasteiger partial charge is 0.138 e. The zero-order chi connectivity index (χ0) is 13.8. The van der Waals surface area contributed by atoms with Crippen molar-refractivity contribution in [2.75, 3.05) is 0 Å². The Labute approximate surface area is 118 Å².